The van der Waals surface area contributed by atoms with Crippen molar-refractivity contribution in [2.75, 3.05) is 14.2 Å². The fourth-order valence-corrected chi connectivity index (χ4v) is 2.06. The highest BCUT2D eigenvalue weighted by Crippen LogP contribution is 2.14. The number of carbonyl (C=O) groups is 1. The van der Waals surface area contributed by atoms with Crippen molar-refractivity contribution in [3.05, 3.63) is 65.5 Å². The van der Waals surface area contributed by atoms with Crippen LogP contribution in [0.5, 0.6) is 5.75 Å². The normalized spacial score (nSPS) is 10.2. The summed E-state index contributed by atoms with van der Waals surface area (Å²) < 4.78 is 18.7. The van der Waals surface area contributed by atoms with E-state index < -0.39 is 0 Å². The highest BCUT2D eigenvalue weighted by molar-refractivity contribution is 5.78. The molecule has 0 aromatic heterocycles. The van der Waals surface area contributed by atoms with E-state index in [9.17, 15) is 9.18 Å². The van der Waals surface area contributed by atoms with Gasteiger partial charge in [0.15, 0.2) is 0 Å². The molecule has 0 radical (unpaired) electrons. The van der Waals surface area contributed by atoms with E-state index in [0.29, 0.717) is 5.56 Å². The van der Waals surface area contributed by atoms with E-state index in [1.165, 1.54) is 11.0 Å². The molecule has 0 aliphatic carbocycles. The molecule has 2 rings (SSSR count). The summed E-state index contributed by atoms with van der Waals surface area (Å²) in [5, 5.41) is 0. The molecule has 0 N–H and O–H groups in total. The minimum atomic E-state index is -0.293. The van der Waals surface area contributed by atoms with Crippen LogP contribution >= 0.6 is 0 Å². The Morgan fingerprint density at radius 2 is 1.95 bits per heavy atom. The summed E-state index contributed by atoms with van der Waals surface area (Å²) in [6.45, 7) is 0.259. The van der Waals surface area contributed by atoms with Crippen LogP contribution in [0.15, 0.2) is 48.5 Å². The van der Waals surface area contributed by atoms with Crippen molar-refractivity contribution in [3.63, 3.8) is 0 Å². The number of benzene rings is 2. The molecule has 0 atom stereocenters. The number of amides is 1. The Kier molecular flexibility index (Phi) is 4.93. The van der Waals surface area contributed by atoms with Gasteiger partial charge in [-0.05, 0) is 23.8 Å². The number of hydrogen-bond donors (Lipinski definition) is 0. The number of likely N-dealkylation sites (N-methyl/N-ethyl adjacent to an activating group) is 1. The maximum atomic E-state index is 13.6. The second kappa shape index (κ2) is 6.88. The van der Waals surface area contributed by atoms with Crippen molar-refractivity contribution in [1.82, 2.24) is 4.90 Å². The minimum Gasteiger partial charge on any atom is -0.497 e. The van der Waals surface area contributed by atoms with Crippen LogP contribution in [-0.4, -0.2) is 25.0 Å². The molecule has 0 spiro atoms. The van der Waals surface area contributed by atoms with Gasteiger partial charge in [0.25, 0.3) is 0 Å². The van der Waals surface area contributed by atoms with Gasteiger partial charge in [-0.15, -0.1) is 0 Å². The zero-order chi connectivity index (χ0) is 15.2. The molecule has 21 heavy (non-hydrogen) atoms. The van der Waals surface area contributed by atoms with E-state index in [0.717, 1.165) is 11.3 Å². The van der Waals surface area contributed by atoms with E-state index in [4.69, 9.17) is 4.74 Å². The summed E-state index contributed by atoms with van der Waals surface area (Å²) >= 11 is 0. The van der Waals surface area contributed by atoms with Crippen molar-refractivity contribution in [2.24, 2.45) is 0 Å². The maximum absolute atomic E-state index is 13.6. The summed E-state index contributed by atoms with van der Waals surface area (Å²) in [6.07, 6.45) is 0.266. The molecule has 2 aromatic carbocycles. The standard InChI is InChI=1S/C17H18FNO2/c1-19(12-14-7-3-4-9-16(14)18)17(20)11-13-6-5-8-15(10-13)21-2/h3-10H,11-12H2,1-2H3. The lowest BCUT2D eigenvalue weighted by atomic mass is 10.1. The molecule has 1 amide bonds. The Morgan fingerprint density at radius 3 is 2.67 bits per heavy atom. The molecular formula is C17H18FNO2. The van der Waals surface area contributed by atoms with Crippen molar-refractivity contribution in [2.45, 2.75) is 13.0 Å². The fraction of sp³-hybridized carbons (Fsp3) is 0.235. The summed E-state index contributed by atoms with van der Waals surface area (Å²) in [5.41, 5.74) is 1.39. The molecule has 0 saturated carbocycles. The van der Waals surface area contributed by atoms with E-state index in [2.05, 4.69) is 0 Å². The second-order valence-corrected chi connectivity index (χ2v) is 4.87. The molecule has 3 nitrogen and oxygen atoms in total. The number of methoxy groups -OCH3 is 1. The highest BCUT2D eigenvalue weighted by Gasteiger charge is 2.12. The zero-order valence-electron chi connectivity index (χ0n) is 12.2. The summed E-state index contributed by atoms with van der Waals surface area (Å²) in [5.74, 6) is 0.363. The van der Waals surface area contributed by atoms with Crippen molar-refractivity contribution in [1.29, 1.82) is 0 Å². The topological polar surface area (TPSA) is 29.5 Å². The SMILES string of the molecule is COc1cccc(CC(=O)N(C)Cc2ccccc2F)c1. The third kappa shape index (κ3) is 4.05. The lowest BCUT2D eigenvalue weighted by Crippen LogP contribution is -2.28. The first-order valence-electron chi connectivity index (χ1n) is 6.70. The van der Waals surface area contributed by atoms with E-state index in [1.807, 2.05) is 24.3 Å². The van der Waals surface area contributed by atoms with Gasteiger partial charge < -0.3 is 9.64 Å². The predicted molar refractivity (Wildman–Crippen MR) is 79.6 cm³/mol. The van der Waals surface area contributed by atoms with Gasteiger partial charge in [0.2, 0.25) is 5.91 Å². The number of nitrogens with zero attached hydrogens (tertiary/aromatic N) is 1. The van der Waals surface area contributed by atoms with Crippen LogP contribution in [0.2, 0.25) is 0 Å². The van der Waals surface area contributed by atoms with Gasteiger partial charge in [0.1, 0.15) is 11.6 Å². The van der Waals surface area contributed by atoms with Gasteiger partial charge in [-0.2, -0.15) is 0 Å². The molecule has 0 fully saturated rings. The minimum absolute atomic E-state index is 0.0634. The number of ether oxygens (including phenoxy) is 1. The Morgan fingerprint density at radius 1 is 1.19 bits per heavy atom. The average molecular weight is 287 g/mol. The smallest absolute Gasteiger partial charge is 0.227 e. The van der Waals surface area contributed by atoms with E-state index in [-0.39, 0.29) is 24.7 Å². The van der Waals surface area contributed by atoms with Crippen molar-refractivity contribution >= 4 is 5.91 Å². The third-order valence-electron chi connectivity index (χ3n) is 3.28. The fourth-order valence-electron chi connectivity index (χ4n) is 2.06. The lowest BCUT2D eigenvalue weighted by Gasteiger charge is -2.18. The average Bonchev–Trinajstić information content (AvgIpc) is 2.49. The van der Waals surface area contributed by atoms with Gasteiger partial charge in [0, 0.05) is 19.2 Å². The lowest BCUT2D eigenvalue weighted by molar-refractivity contribution is -0.129. The van der Waals surface area contributed by atoms with Crippen LogP contribution in [0.1, 0.15) is 11.1 Å². The van der Waals surface area contributed by atoms with Gasteiger partial charge in [-0.1, -0.05) is 30.3 Å². The van der Waals surface area contributed by atoms with Crippen molar-refractivity contribution in [3.8, 4) is 5.75 Å². The van der Waals surface area contributed by atoms with Crippen LogP contribution in [0.3, 0.4) is 0 Å². The van der Waals surface area contributed by atoms with Gasteiger partial charge in [-0.25, -0.2) is 4.39 Å². The molecule has 2 aromatic rings. The Hall–Kier alpha value is -2.36. The largest absolute Gasteiger partial charge is 0.497 e. The molecular weight excluding hydrogens is 269 g/mol. The first kappa shape index (κ1) is 15.0. The van der Waals surface area contributed by atoms with Gasteiger partial charge >= 0.3 is 0 Å². The Labute approximate surface area is 124 Å². The van der Waals surface area contributed by atoms with E-state index in [1.54, 1.807) is 32.4 Å². The number of hydrogen-bond acceptors (Lipinski definition) is 2. The number of rotatable bonds is 5. The first-order valence-corrected chi connectivity index (χ1v) is 6.70. The molecule has 0 aliphatic rings. The van der Waals surface area contributed by atoms with Crippen LogP contribution < -0.4 is 4.74 Å². The molecule has 4 heteroatoms. The summed E-state index contributed by atoms with van der Waals surface area (Å²) in [7, 11) is 3.26. The van der Waals surface area contributed by atoms with Crippen molar-refractivity contribution < 1.29 is 13.9 Å². The molecule has 0 aliphatic heterocycles. The van der Waals surface area contributed by atoms with Crippen LogP contribution in [0.25, 0.3) is 0 Å². The quantitative estimate of drug-likeness (QED) is 0.846. The van der Waals surface area contributed by atoms with E-state index >= 15 is 0 Å². The number of halogens is 1. The second-order valence-electron chi connectivity index (χ2n) is 4.87. The first-order chi connectivity index (χ1) is 10.1. The molecule has 0 unspecified atom stereocenters. The molecule has 110 valence electrons. The molecule has 0 heterocycles. The maximum Gasteiger partial charge on any atom is 0.227 e. The predicted octanol–water partition coefficient (Wildman–Crippen LogP) is 3.04. The third-order valence-corrected chi connectivity index (χ3v) is 3.28. The summed E-state index contributed by atoms with van der Waals surface area (Å²) in [6, 6.07) is 13.9. The van der Waals surface area contributed by atoms with Crippen LogP contribution in [-0.2, 0) is 17.8 Å². The van der Waals surface area contributed by atoms with Gasteiger partial charge in [0.05, 0.1) is 13.5 Å². The Balaban J connectivity index is 2.01. The highest BCUT2D eigenvalue weighted by atomic mass is 19.1. The zero-order valence-corrected chi connectivity index (χ0v) is 12.2. The molecule has 0 bridgehead atoms. The van der Waals surface area contributed by atoms with Gasteiger partial charge in [-0.3, -0.25) is 4.79 Å². The Bertz CT molecular complexity index is 628. The number of carbonyl (C=O) groups excluding carboxylic acids is 1. The van der Waals surface area contributed by atoms with Crippen LogP contribution in [0, 0.1) is 5.82 Å². The summed E-state index contributed by atoms with van der Waals surface area (Å²) in [4.78, 5) is 13.7. The monoisotopic (exact) mass is 287 g/mol. The molecule has 0 saturated heterocycles. The van der Waals surface area contributed by atoms with Crippen LogP contribution in [0.4, 0.5) is 4.39 Å².